The van der Waals surface area contributed by atoms with Gasteiger partial charge in [0.25, 0.3) is 0 Å². The Balaban J connectivity index is 1.29. The van der Waals surface area contributed by atoms with Gasteiger partial charge in [0.05, 0.1) is 6.26 Å². The van der Waals surface area contributed by atoms with E-state index in [0.717, 1.165) is 26.2 Å². The second-order valence-electron chi connectivity index (χ2n) is 6.98. The summed E-state index contributed by atoms with van der Waals surface area (Å²) in [5.74, 6) is 1.39. The van der Waals surface area contributed by atoms with Crippen LogP contribution in [0.5, 0.6) is 0 Å². The number of benzene rings is 1. The maximum atomic E-state index is 11.3. The Morgan fingerprint density at radius 2 is 1.96 bits per heavy atom. The minimum absolute atomic E-state index is 0.581. The van der Waals surface area contributed by atoms with Gasteiger partial charge >= 0.3 is 0 Å². The molecule has 128 valence electrons. The zero-order chi connectivity index (χ0) is 16.4. The highest BCUT2D eigenvalue weighted by atomic mass is 32.2. The van der Waals surface area contributed by atoms with E-state index in [4.69, 9.17) is 0 Å². The van der Waals surface area contributed by atoms with Crippen LogP contribution in [0.2, 0.25) is 0 Å². The Labute approximate surface area is 139 Å². The third-order valence-electron chi connectivity index (χ3n) is 5.02. The summed E-state index contributed by atoms with van der Waals surface area (Å²) in [4.78, 5) is 2.33. The van der Waals surface area contributed by atoms with Crippen LogP contribution in [0.25, 0.3) is 0 Å². The Kier molecular flexibility index (Phi) is 5.06. The molecular formula is C17H27N3O2S. The van der Waals surface area contributed by atoms with Crippen LogP contribution in [-0.2, 0) is 10.0 Å². The second-order valence-corrected chi connectivity index (χ2v) is 9.07. The zero-order valence-electron chi connectivity index (χ0n) is 14.0. The smallest absolute Gasteiger partial charge is 0.210 e. The lowest BCUT2D eigenvalue weighted by Crippen LogP contribution is -2.53. The summed E-state index contributed by atoms with van der Waals surface area (Å²) < 4.78 is 24.1. The van der Waals surface area contributed by atoms with E-state index >= 15 is 0 Å². The van der Waals surface area contributed by atoms with Crippen LogP contribution < -0.4 is 5.32 Å². The van der Waals surface area contributed by atoms with Crippen molar-refractivity contribution in [2.24, 2.45) is 5.92 Å². The molecule has 0 spiro atoms. The standard InChI is InChI=1S/C17H27N3O2S/c1-19(23(2,21)22)8-9-20-12-14(13-20)11-18-17-10-16(17)15-6-4-3-5-7-15/h3-7,14,16-18H,8-13H2,1-2H3/t16-,17+/m0/s1. The van der Waals surface area contributed by atoms with Crippen molar-refractivity contribution in [2.45, 2.75) is 18.4 Å². The third kappa shape index (κ3) is 4.53. The molecule has 6 heteroatoms. The number of sulfonamides is 1. The summed E-state index contributed by atoms with van der Waals surface area (Å²) in [6, 6.07) is 11.4. The summed E-state index contributed by atoms with van der Waals surface area (Å²) in [5.41, 5.74) is 1.45. The van der Waals surface area contributed by atoms with Crippen molar-refractivity contribution in [1.82, 2.24) is 14.5 Å². The zero-order valence-corrected chi connectivity index (χ0v) is 14.8. The second kappa shape index (κ2) is 6.89. The summed E-state index contributed by atoms with van der Waals surface area (Å²) >= 11 is 0. The van der Waals surface area contributed by atoms with Gasteiger partial charge in [0, 0.05) is 51.7 Å². The number of nitrogens with one attached hydrogen (secondary N) is 1. The highest BCUT2D eigenvalue weighted by Crippen LogP contribution is 2.40. The van der Waals surface area contributed by atoms with Crippen molar-refractivity contribution in [3.63, 3.8) is 0 Å². The van der Waals surface area contributed by atoms with Crippen LogP contribution in [0.4, 0.5) is 0 Å². The Morgan fingerprint density at radius 1 is 1.26 bits per heavy atom. The number of likely N-dealkylation sites (N-methyl/N-ethyl adjacent to an activating group) is 1. The van der Waals surface area contributed by atoms with E-state index < -0.39 is 10.0 Å². The quantitative estimate of drug-likeness (QED) is 0.768. The molecule has 0 radical (unpaired) electrons. The van der Waals surface area contributed by atoms with E-state index in [1.54, 1.807) is 7.05 Å². The molecule has 0 aromatic heterocycles. The number of likely N-dealkylation sites (tertiary alicyclic amines) is 1. The summed E-state index contributed by atoms with van der Waals surface area (Å²) in [5, 5.41) is 3.68. The maximum Gasteiger partial charge on any atom is 0.210 e. The van der Waals surface area contributed by atoms with Crippen LogP contribution in [0, 0.1) is 5.92 Å². The molecule has 1 saturated heterocycles. The predicted octanol–water partition coefficient (Wildman–Crippen LogP) is 0.955. The van der Waals surface area contributed by atoms with Crippen molar-refractivity contribution in [3.8, 4) is 0 Å². The molecule has 1 saturated carbocycles. The maximum absolute atomic E-state index is 11.3. The molecular weight excluding hydrogens is 310 g/mol. The summed E-state index contributed by atoms with van der Waals surface area (Å²) in [6.45, 7) is 4.64. The van der Waals surface area contributed by atoms with Crippen LogP contribution in [0.1, 0.15) is 17.9 Å². The lowest BCUT2D eigenvalue weighted by Gasteiger charge is -2.40. The van der Waals surface area contributed by atoms with E-state index in [0.29, 0.717) is 24.4 Å². The van der Waals surface area contributed by atoms with E-state index in [9.17, 15) is 8.42 Å². The largest absolute Gasteiger partial charge is 0.313 e. The normalized spacial score (nSPS) is 25.5. The molecule has 3 rings (SSSR count). The molecule has 1 heterocycles. The highest BCUT2D eigenvalue weighted by Gasteiger charge is 2.38. The molecule has 2 atom stereocenters. The Bertz CT molecular complexity index is 614. The first kappa shape index (κ1) is 16.9. The van der Waals surface area contributed by atoms with Crippen molar-refractivity contribution in [3.05, 3.63) is 35.9 Å². The van der Waals surface area contributed by atoms with Gasteiger partial charge < -0.3 is 10.2 Å². The van der Waals surface area contributed by atoms with Gasteiger partial charge in [0.2, 0.25) is 10.0 Å². The molecule has 23 heavy (non-hydrogen) atoms. The van der Waals surface area contributed by atoms with E-state index in [1.807, 2.05) is 0 Å². The first-order valence-corrected chi connectivity index (χ1v) is 10.2. The fraction of sp³-hybridized carbons (Fsp3) is 0.647. The van der Waals surface area contributed by atoms with Gasteiger partial charge in [-0.15, -0.1) is 0 Å². The molecule has 1 N–H and O–H groups in total. The van der Waals surface area contributed by atoms with Crippen LogP contribution in [0.15, 0.2) is 30.3 Å². The van der Waals surface area contributed by atoms with E-state index in [2.05, 4.69) is 40.5 Å². The molecule has 5 nitrogen and oxygen atoms in total. The van der Waals surface area contributed by atoms with Crippen LogP contribution in [0.3, 0.4) is 0 Å². The lowest BCUT2D eigenvalue weighted by atomic mass is 10.0. The van der Waals surface area contributed by atoms with Gasteiger partial charge in [0.1, 0.15) is 0 Å². The molecule has 0 amide bonds. The molecule has 0 unspecified atom stereocenters. The summed E-state index contributed by atoms with van der Waals surface area (Å²) in [6.07, 6.45) is 2.51. The number of hydrogen-bond acceptors (Lipinski definition) is 4. The first-order chi connectivity index (χ1) is 10.9. The topological polar surface area (TPSA) is 52.6 Å². The van der Waals surface area contributed by atoms with Gasteiger partial charge in [-0.1, -0.05) is 30.3 Å². The highest BCUT2D eigenvalue weighted by molar-refractivity contribution is 7.88. The van der Waals surface area contributed by atoms with Crippen molar-refractivity contribution in [1.29, 1.82) is 0 Å². The van der Waals surface area contributed by atoms with Crippen molar-refractivity contribution in [2.75, 3.05) is 46.0 Å². The van der Waals surface area contributed by atoms with Crippen molar-refractivity contribution >= 4 is 10.0 Å². The molecule has 1 aliphatic heterocycles. The number of rotatable bonds is 8. The number of hydrogen-bond donors (Lipinski definition) is 1. The van der Waals surface area contributed by atoms with Gasteiger partial charge in [-0.25, -0.2) is 12.7 Å². The number of nitrogens with zero attached hydrogens (tertiary/aromatic N) is 2. The Hall–Kier alpha value is -0.950. The lowest BCUT2D eigenvalue weighted by molar-refractivity contribution is 0.0957. The average Bonchev–Trinajstić information content (AvgIpc) is 3.24. The molecule has 1 aliphatic carbocycles. The van der Waals surface area contributed by atoms with Crippen LogP contribution in [-0.4, -0.2) is 69.7 Å². The molecule has 1 aromatic rings. The van der Waals surface area contributed by atoms with Gasteiger partial charge in [-0.2, -0.15) is 0 Å². The average molecular weight is 337 g/mol. The van der Waals surface area contributed by atoms with Crippen molar-refractivity contribution < 1.29 is 8.42 Å². The van der Waals surface area contributed by atoms with E-state index in [1.165, 1.54) is 22.5 Å². The third-order valence-corrected chi connectivity index (χ3v) is 6.33. The molecule has 2 aliphatic rings. The van der Waals surface area contributed by atoms with Gasteiger partial charge in [-0.05, 0) is 17.9 Å². The fourth-order valence-corrected chi connectivity index (χ4v) is 3.66. The summed E-state index contributed by atoms with van der Waals surface area (Å²) in [7, 11) is -1.40. The fourth-order valence-electron chi connectivity index (χ4n) is 3.24. The first-order valence-electron chi connectivity index (χ1n) is 8.35. The SMILES string of the molecule is CN(CCN1CC(CN[C@@H]2C[C@H]2c2ccccc2)C1)S(C)(=O)=O. The Morgan fingerprint density at radius 3 is 2.61 bits per heavy atom. The van der Waals surface area contributed by atoms with E-state index in [-0.39, 0.29) is 0 Å². The molecule has 2 fully saturated rings. The molecule has 1 aromatic carbocycles. The van der Waals surface area contributed by atoms with Gasteiger partial charge in [-0.3, -0.25) is 0 Å². The molecule has 0 bridgehead atoms. The minimum atomic E-state index is -3.05. The predicted molar refractivity (Wildman–Crippen MR) is 93.0 cm³/mol. The monoisotopic (exact) mass is 337 g/mol. The van der Waals surface area contributed by atoms with Crippen LogP contribution >= 0.6 is 0 Å². The van der Waals surface area contributed by atoms with Gasteiger partial charge in [0.15, 0.2) is 0 Å². The minimum Gasteiger partial charge on any atom is -0.313 e.